The Kier molecular flexibility index (Phi) is 5.43. The Labute approximate surface area is 208 Å². The number of hydrogen-bond acceptors (Lipinski definition) is 5. The van der Waals surface area contributed by atoms with Gasteiger partial charge in [-0.2, -0.15) is 13.2 Å². The summed E-state index contributed by atoms with van der Waals surface area (Å²) in [5, 5.41) is 2.74. The van der Waals surface area contributed by atoms with Crippen LogP contribution >= 0.6 is 0 Å². The largest absolute Gasteiger partial charge is 0.489 e. The summed E-state index contributed by atoms with van der Waals surface area (Å²) in [4.78, 5) is 28.5. The third kappa shape index (κ3) is 4.41. The molecule has 0 radical (unpaired) electrons. The lowest BCUT2D eigenvalue weighted by Gasteiger charge is -2.19. The van der Waals surface area contributed by atoms with Crippen LogP contribution in [0, 0.1) is 11.7 Å². The summed E-state index contributed by atoms with van der Waals surface area (Å²) in [6.07, 6.45) is -2.45. The van der Waals surface area contributed by atoms with Crippen LogP contribution in [0.15, 0.2) is 48.7 Å². The van der Waals surface area contributed by atoms with E-state index in [1.807, 2.05) is 12.1 Å². The molecule has 10 heteroatoms. The quantitative estimate of drug-likeness (QED) is 0.436. The minimum Gasteiger partial charge on any atom is -0.489 e. The molecule has 3 aliphatic rings. The molecular formula is C27H20F4N2O4. The molecule has 3 atom stereocenters. The molecule has 0 unspecified atom stereocenters. The number of anilines is 1. The first kappa shape index (κ1) is 23.4. The monoisotopic (exact) mass is 512 g/mol. The molecule has 0 saturated heterocycles. The second kappa shape index (κ2) is 8.57. The third-order valence-electron chi connectivity index (χ3n) is 7.00. The number of halogens is 4. The number of carbonyl (C=O) groups excluding carboxylic acids is 2. The van der Waals surface area contributed by atoms with E-state index >= 15 is 0 Å². The summed E-state index contributed by atoms with van der Waals surface area (Å²) in [5.74, 6) is 0.695. The van der Waals surface area contributed by atoms with Crippen molar-refractivity contribution in [1.82, 2.24) is 4.98 Å². The number of ether oxygens (including phenoxy) is 2. The smallest absolute Gasteiger partial charge is 0.419 e. The first-order chi connectivity index (χ1) is 17.7. The summed E-state index contributed by atoms with van der Waals surface area (Å²) in [6.45, 7) is 0. The first-order valence-corrected chi connectivity index (χ1v) is 11.8. The highest BCUT2D eigenvalue weighted by molar-refractivity contribution is 5.93. The lowest BCUT2D eigenvalue weighted by Crippen LogP contribution is -2.20. The average Bonchev–Trinajstić information content (AvgIpc) is 3.34. The fourth-order valence-electron chi connectivity index (χ4n) is 5.20. The maximum absolute atomic E-state index is 13.8. The highest BCUT2D eigenvalue weighted by atomic mass is 19.4. The van der Waals surface area contributed by atoms with E-state index in [0.717, 1.165) is 29.0 Å². The number of benzene rings is 2. The topological polar surface area (TPSA) is 77.5 Å². The molecule has 2 aliphatic heterocycles. The molecule has 1 aliphatic carbocycles. The zero-order valence-corrected chi connectivity index (χ0v) is 19.3. The van der Waals surface area contributed by atoms with Gasteiger partial charge in [0.2, 0.25) is 5.91 Å². The molecule has 1 fully saturated rings. The summed E-state index contributed by atoms with van der Waals surface area (Å²) < 4.78 is 64.2. The zero-order chi connectivity index (χ0) is 25.9. The highest BCUT2D eigenvalue weighted by Crippen LogP contribution is 2.60. The standard InChI is InChI=1S/C27H20F4N2O4/c28-20-10-13(1-4-19(20)27(29,30)31)9-14(34)11-18-24-17-12-15(2-5-21(17)37-25(18)24)36-22-7-8-32-26-16(22)3-6-23(35)33-26/h1-2,4-5,7-8,10,12,18,24-25H,3,6,9,11H2,(H,32,33,35)/t18-,24-,25+/m0/s1. The van der Waals surface area contributed by atoms with Gasteiger partial charge in [0.15, 0.2) is 0 Å². The van der Waals surface area contributed by atoms with E-state index in [9.17, 15) is 27.2 Å². The molecule has 3 aromatic rings. The van der Waals surface area contributed by atoms with Crippen molar-refractivity contribution < 1.29 is 36.6 Å². The second-order valence-electron chi connectivity index (χ2n) is 9.49. The maximum Gasteiger partial charge on any atom is 0.419 e. The number of nitrogens with one attached hydrogen (secondary N) is 1. The molecule has 2 aromatic carbocycles. The van der Waals surface area contributed by atoms with Gasteiger partial charge in [-0.3, -0.25) is 9.59 Å². The molecule has 190 valence electrons. The number of aromatic nitrogens is 1. The normalized spacial score (nSPS) is 21.3. The van der Waals surface area contributed by atoms with Gasteiger partial charge in [0.25, 0.3) is 0 Å². The van der Waals surface area contributed by atoms with E-state index in [0.29, 0.717) is 36.2 Å². The van der Waals surface area contributed by atoms with Crippen molar-refractivity contribution in [3.05, 3.63) is 76.7 Å². The number of pyridine rings is 1. The summed E-state index contributed by atoms with van der Waals surface area (Å²) in [6, 6.07) is 9.80. The third-order valence-corrected chi connectivity index (χ3v) is 7.00. The zero-order valence-electron chi connectivity index (χ0n) is 19.3. The van der Waals surface area contributed by atoms with E-state index in [1.54, 1.807) is 18.3 Å². The van der Waals surface area contributed by atoms with E-state index in [-0.39, 0.29) is 48.0 Å². The molecule has 1 amide bonds. The number of nitrogens with zero attached hydrogens (tertiary/aromatic N) is 1. The fourth-order valence-corrected chi connectivity index (χ4v) is 5.20. The van der Waals surface area contributed by atoms with Crippen LogP contribution < -0.4 is 14.8 Å². The molecule has 3 heterocycles. The van der Waals surface area contributed by atoms with Crippen molar-refractivity contribution in [2.45, 2.75) is 43.9 Å². The molecule has 6 rings (SSSR count). The van der Waals surface area contributed by atoms with Crippen molar-refractivity contribution >= 4 is 17.5 Å². The van der Waals surface area contributed by atoms with E-state index < -0.39 is 17.6 Å². The summed E-state index contributed by atoms with van der Waals surface area (Å²) in [7, 11) is 0. The number of Topliss-reactive ketones (excluding diaryl/α,β-unsaturated/α-hetero) is 1. The van der Waals surface area contributed by atoms with Gasteiger partial charge in [0.1, 0.15) is 40.8 Å². The Morgan fingerprint density at radius 1 is 1.14 bits per heavy atom. The molecule has 0 spiro atoms. The fraction of sp³-hybridized carbons (Fsp3) is 0.296. The molecule has 6 nitrogen and oxygen atoms in total. The number of carbonyl (C=O) groups is 2. The number of fused-ring (bicyclic) bond motifs is 4. The Bertz CT molecular complexity index is 1440. The van der Waals surface area contributed by atoms with Crippen molar-refractivity contribution in [2.24, 2.45) is 5.92 Å². The summed E-state index contributed by atoms with van der Waals surface area (Å²) >= 11 is 0. The van der Waals surface area contributed by atoms with Gasteiger partial charge in [-0.25, -0.2) is 9.37 Å². The number of rotatable bonds is 6. The highest BCUT2D eigenvalue weighted by Gasteiger charge is 2.59. The molecule has 37 heavy (non-hydrogen) atoms. The average molecular weight is 512 g/mol. The van der Waals surface area contributed by atoms with Crippen molar-refractivity contribution in [2.75, 3.05) is 5.32 Å². The van der Waals surface area contributed by atoms with Crippen LogP contribution in [0.25, 0.3) is 0 Å². The summed E-state index contributed by atoms with van der Waals surface area (Å²) in [5.41, 5.74) is 0.610. The minimum atomic E-state index is -4.78. The van der Waals surface area contributed by atoms with Crippen LogP contribution in [0.4, 0.5) is 23.4 Å². The van der Waals surface area contributed by atoms with Gasteiger partial charge in [-0.1, -0.05) is 6.07 Å². The number of ketones is 1. The lowest BCUT2D eigenvalue weighted by atomic mass is 10.0. The molecule has 1 N–H and O–H groups in total. The van der Waals surface area contributed by atoms with Gasteiger partial charge in [0, 0.05) is 48.4 Å². The van der Waals surface area contributed by atoms with Crippen molar-refractivity contribution in [1.29, 1.82) is 0 Å². The van der Waals surface area contributed by atoms with Gasteiger partial charge in [-0.15, -0.1) is 0 Å². The Morgan fingerprint density at radius 3 is 2.76 bits per heavy atom. The van der Waals surface area contributed by atoms with Crippen LogP contribution in [0.5, 0.6) is 17.2 Å². The maximum atomic E-state index is 13.8. The Morgan fingerprint density at radius 2 is 1.97 bits per heavy atom. The predicted octanol–water partition coefficient (Wildman–Crippen LogP) is 5.59. The molecule has 1 saturated carbocycles. The lowest BCUT2D eigenvalue weighted by molar-refractivity contribution is -0.140. The van der Waals surface area contributed by atoms with E-state index in [2.05, 4.69) is 10.3 Å². The number of amides is 1. The van der Waals surface area contributed by atoms with Crippen LogP contribution in [-0.2, 0) is 28.6 Å². The Balaban J connectivity index is 1.12. The SMILES string of the molecule is O=C(Cc1ccc(C(F)(F)F)c(F)c1)C[C@@H]1[C@H]2Oc3ccc(Oc4ccnc5c4CCC(=O)N5)cc3[C@@H]12. The number of hydrogen-bond donors (Lipinski definition) is 1. The van der Waals surface area contributed by atoms with Gasteiger partial charge >= 0.3 is 6.18 Å². The van der Waals surface area contributed by atoms with Crippen LogP contribution in [0.3, 0.4) is 0 Å². The van der Waals surface area contributed by atoms with Crippen molar-refractivity contribution in [3.8, 4) is 17.2 Å². The van der Waals surface area contributed by atoms with E-state index in [4.69, 9.17) is 9.47 Å². The van der Waals surface area contributed by atoms with Crippen LogP contribution in [-0.4, -0.2) is 22.8 Å². The van der Waals surface area contributed by atoms with Gasteiger partial charge < -0.3 is 14.8 Å². The van der Waals surface area contributed by atoms with E-state index in [1.165, 1.54) is 0 Å². The molecule has 1 aromatic heterocycles. The van der Waals surface area contributed by atoms with Gasteiger partial charge in [0.05, 0.1) is 5.56 Å². The van der Waals surface area contributed by atoms with Crippen LogP contribution in [0.2, 0.25) is 0 Å². The van der Waals surface area contributed by atoms with Gasteiger partial charge in [-0.05, 0) is 48.4 Å². The number of alkyl halides is 3. The second-order valence-corrected chi connectivity index (χ2v) is 9.49. The Hall–Kier alpha value is -3.95. The van der Waals surface area contributed by atoms with Crippen LogP contribution in [0.1, 0.15) is 41.0 Å². The predicted molar refractivity (Wildman–Crippen MR) is 123 cm³/mol. The molecular weight excluding hydrogens is 492 g/mol. The minimum absolute atomic E-state index is 0.0116. The molecule has 0 bridgehead atoms. The first-order valence-electron chi connectivity index (χ1n) is 11.8. The van der Waals surface area contributed by atoms with Crippen molar-refractivity contribution in [3.63, 3.8) is 0 Å².